The molecule has 0 saturated carbocycles. The highest BCUT2D eigenvalue weighted by Crippen LogP contribution is 2.31. The summed E-state index contributed by atoms with van der Waals surface area (Å²) in [6.07, 6.45) is 6.59. The Labute approximate surface area is 236 Å². The molecular formula is C31H40N6O3. The van der Waals surface area contributed by atoms with Crippen LogP contribution in [0.15, 0.2) is 53.1 Å². The summed E-state index contributed by atoms with van der Waals surface area (Å²) in [5.74, 6) is 1.30. The van der Waals surface area contributed by atoms with Gasteiger partial charge >= 0.3 is 0 Å². The zero-order chi connectivity index (χ0) is 28.1. The van der Waals surface area contributed by atoms with E-state index in [2.05, 4.69) is 26.1 Å². The Hall–Kier alpha value is -3.59. The minimum absolute atomic E-state index is 0.0190. The Kier molecular flexibility index (Phi) is 8.89. The number of fused-ring (bicyclic) bond motifs is 3. The molecule has 212 valence electrons. The van der Waals surface area contributed by atoms with Crippen molar-refractivity contribution >= 4 is 17.5 Å². The number of aromatic nitrogens is 3. The van der Waals surface area contributed by atoms with E-state index in [9.17, 15) is 9.59 Å². The van der Waals surface area contributed by atoms with E-state index in [4.69, 9.17) is 4.42 Å². The van der Waals surface area contributed by atoms with Crippen molar-refractivity contribution in [3.63, 3.8) is 0 Å². The van der Waals surface area contributed by atoms with Crippen molar-refractivity contribution in [2.45, 2.75) is 90.4 Å². The summed E-state index contributed by atoms with van der Waals surface area (Å²) < 4.78 is 5.77. The van der Waals surface area contributed by atoms with E-state index >= 15 is 0 Å². The van der Waals surface area contributed by atoms with E-state index in [-0.39, 0.29) is 30.2 Å². The summed E-state index contributed by atoms with van der Waals surface area (Å²) in [4.78, 5) is 37.7. The van der Waals surface area contributed by atoms with Crippen molar-refractivity contribution in [1.82, 2.24) is 25.0 Å². The van der Waals surface area contributed by atoms with Gasteiger partial charge in [-0.05, 0) is 43.0 Å². The number of carbonyl (C=O) groups is 2. The van der Waals surface area contributed by atoms with Crippen LogP contribution in [0.3, 0.4) is 0 Å². The molecule has 3 aromatic rings. The van der Waals surface area contributed by atoms with Gasteiger partial charge in [0.05, 0.1) is 5.69 Å². The zero-order valence-corrected chi connectivity index (χ0v) is 23.8. The fourth-order valence-corrected chi connectivity index (χ4v) is 5.98. The first-order valence-electron chi connectivity index (χ1n) is 14.5. The van der Waals surface area contributed by atoms with Gasteiger partial charge in [-0.1, -0.05) is 44.5 Å². The fourth-order valence-electron chi connectivity index (χ4n) is 5.98. The van der Waals surface area contributed by atoms with Crippen LogP contribution in [0.25, 0.3) is 0 Å². The molecule has 2 amide bonds. The second-order valence-electron chi connectivity index (χ2n) is 11.3. The monoisotopic (exact) mass is 544 g/mol. The Bertz CT molecular complexity index is 1290. The summed E-state index contributed by atoms with van der Waals surface area (Å²) in [6.45, 7) is 8.08. The highest BCUT2D eigenvalue weighted by Gasteiger charge is 2.34. The number of benzene rings is 1. The van der Waals surface area contributed by atoms with Crippen molar-refractivity contribution in [2.24, 2.45) is 0 Å². The van der Waals surface area contributed by atoms with Crippen LogP contribution < -0.4 is 4.90 Å². The van der Waals surface area contributed by atoms with Gasteiger partial charge < -0.3 is 14.2 Å². The van der Waals surface area contributed by atoms with Crippen LogP contribution in [0, 0.1) is 0 Å². The van der Waals surface area contributed by atoms with Crippen molar-refractivity contribution in [1.29, 1.82) is 0 Å². The molecule has 0 aliphatic carbocycles. The zero-order valence-electron chi connectivity index (χ0n) is 23.8. The van der Waals surface area contributed by atoms with Crippen LogP contribution in [0.1, 0.15) is 81.8 Å². The third kappa shape index (κ3) is 6.58. The van der Waals surface area contributed by atoms with Gasteiger partial charge in [0, 0.05) is 75.8 Å². The van der Waals surface area contributed by atoms with E-state index in [1.165, 1.54) is 0 Å². The molecule has 0 radical (unpaired) electrons. The lowest BCUT2D eigenvalue weighted by Crippen LogP contribution is -2.52. The molecule has 2 atom stereocenters. The third-order valence-electron chi connectivity index (χ3n) is 8.11. The predicted octanol–water partition coefficient (Wildman–Crippen LogP) is 4.73. The van der Waals surface area contributed by atoms with Crippen LogP contribution in [-0.4, -0.2) is 62.0 Å². The maximum absolute atomic E-state index is 13.8. The maximum Gasteiger partial charge on any atom is 0.223 e. The van der Waals surface area contributed by atoms with Gasteiger partial charge in [-0.3, -0.25) is 19.5 Å². The van der Waals surface area contributed by atoms with Gasteiger partial charge in [-0.2, -0.15) is 0 Å². The Balaban J connectivity index is 1.45. The van der Waals surface area contributed by atoms with Gasteiger partial charge in [0.15, 0.2) is 0 Å². The number of rotatable bonds is 6. The van der Waals surface area contributed by atoms with Gasteiger partial charge in [-0.25, -0.2) is 0 Å². The fraction of sp³-hybridized carbons (Fsp3) is 0.516. The number of aryl methyl sites for hydroxylation is 1. The minimum atomic E-state index is 0.0190. The molecule has 40 heavy (non-hydrogen) atoms. The number of anilines is 1. The van der Waals surface area contributed by atoms with E-state index in [0.717, 1.165) is 49.2 Å². The molecule has 2 aliphatic heterocycles. The third-order valence-corrected chi connectivity index (χ3v) is 8.11. The number of amides is 2. The Morgan fingerprint density at radius 1 is 1.02 bits per heavy atom. The molecule has 2 aliphatic rings. The molecule has 0 N–H and O–H groups in total. The average molecular weight is 545 g/mol. The second kappa shape index (κ2) is 12.7. The lowest BCUT2D eigenvalue weighted by atomic mass is 9.92. The van der Waals surface area contributed by atoms with Crippen molar-refractivity contribution < 1.29 is 14.0 Å². The average Bonchev–Trinajstić information content (AvgIpc) is 3.43. The molecule has 4 heterocycles. The molecule has 9 nitrogen and oxygen atoms in total. The van der Waals surface area contributed by atoms with E-state index in [1.54, 1.807) is 6.92 Å². The second-order valence-corrected chi connectivity index (χ2v) is 11.3. The molecule has 2 unspecified atom stereocenters. The highest BCUT2D eigenvalue weighted by atomic mass is 16.4. The molecule has 1 fully saturated rings. The van der Waals surface area contributed by atoms with E-state index in [1.807, 2.05) is 66.2 Å². The van der Waals surface area contributed by atoms with Crippen molar-refractivity contribution in [3.05, 3.63) is 71.7 Å². The molecule has 0 spiro atoms. The quantitative estimate of drug-likeness (QED) is 0.443. The topological polar surface area (TPSA) is 95.7 Å². The SMILES string of the molecule is CC(=O)N1CCC2CCCC(CN(C(=O)CCc3nnc(C(C)C)o3)Cc3ccccc31)N2Cc1ccccn1. The van der Waals surface area contributed by atoms with Gasteiger partial charge in [0.25, 0.3) is 0 Å². The smallest absolute Gasteiger partial charge is 0.223 e. The largest absolute Gasteiger partial charge is 0.425 e. The molecule has 2 aromatic heterocycles. The Morgan fingerprint density at radius 2 is 1.82 bits per heavy atom. The number of pyridine rings is 1. The first-order chi connectivity index (χ1) is 19.4. The molecule has 1 saturated heterocycles. The van der Waals surface area contributed by atoms with Crippen molar-refractivity contribution in [2.75, 3.05) is 18.0 Å². The molecule has 5 rings (SSSR count). The van der Waals surface area contributed by atoms with Gasteiger partial charge in [0.1, 0.15) is 0 Å². The van der Waals surface area contributed by atoms with Crippen LogP contribution in [0.2, 0.25) is 0 Å². The normalized spacial score (nSPS) is 20.2. The Morgan fingerprint density at radius 3 is 2.58 bits per heavy atom. The molecule has 9 heteroatoms. The van der Waals surface area contributed by atoms with Crippen LogP contribution >= 0.6 is 0 Å². The number of hydrogen-bond donors (Lipinski definition) is 0. The summed E-state index contributed by atoms with van der Waals surface area (Å²) in [5, 5.41) is 8.28. The summed E-state index contributed by atoms with van der Waals surface area (Å²) >= 11 is 0. The van der Waals surface area contributed by atoms with Crippen LogP contribution in [0.5, 0.6) is 0 Å². The number of carbonyl (C=O) groups excluding carboxylic acids is 2. The maximum atomic E-state index is 13.8. The molecule has 2 bridgehead atoms. The summed E-state index contributed by atoms with van der Waals surface area (Å²) in [7, 11) is 0. The minimum Gasteiger partial charge on any atom is -0.425 e. The lowest BCUT2D eigenvalue weighted by molar-refractivity contribution is -0.133. The number of hydrogen-bond acceptors (Lipinski definition) is 7. The van der Waals surface area contributed by atoms with E-state index < -0.39 is 0 Å². The van der Waals surface area contributed by atoms with E-state index in [0.29, 0.717) is 43.9 Å². The van der Waals surface area contributed by atoms with Gasteiger partial charge in [0.2, 0.25) is 23.6 Å². The predicted molar refractivity (Wildman–Crippen MR) is 152 cm³/mol. The number of nitrogens with zero attached hydrogens (tertiary/aromatic N) is 6. The summed E-state index contributed by atoms with van der Waals surface area (Å²) in [6, 6.07) is 14.5. The van der Waals surface area contributed by atoms with Crippen LogP contribution in [-0.2, 0) is 29.1 Å². The lowest BCUT2D eigenvalue weighted by Gasteiger charge is -2.44. The number of para-hydroxylation sites is 1. The first kappa shape index (κ1) is 28.0. The van der Waals surface area contributed by atoms with Crippen LogP contribution in [0.4, 0.5) is 5.69 Å². The first-order valence-corrected chi connectivity index (χ1v) is 14.5. The van der Waals surface area contributed by atoms with Gasteiger partial charge in [-0.15, -0.1) is 10.2 Å². The summed E-state index contributed by atoms with van der Waals surface area (Å²) in [5.41, 5.74) is 2.90. The number of piperidine rings is 1. The standard InChI is InChI=1S/C31H40N6O3/c1-22(2)31-34-33-29(40-31)14-15-30(39)35-19-24-9-4-5-13-28(24)36(23(3)38)18-16-26-11-8-12-27(21-35)37(26)20-25-10-6-7-17-32-25/h4-7,9-10,13,17,22,26-27H,8,11-12,14-16,18-21H2,1-3H3. The highest BCUT2D eigenvalue weighted by molar-refractivity contribution is 5.92. The van der Waals surface area contributed by atoms with Crippen molar-refractivity contribution in [3.8, 4) is 0 Å². The molecule has 1 aromatic carbocycles. The molecular weight excluding hydrogens is 504 g/mol.